The SMILES string of the molecule is COC(=O)c1c2c(nn1Cc1ccc(OC)cc1)c1nc(N3CCC[C@@H](NC(=O)OC(C)(C)C)C3)n(Cc3ccccc3Cl)c1c(=O)n2C. The maximum atomic E-state index is 14.4. The number of nitrogens with zero attached hydrogens (tertiary/aromatic N) is 6. The van der Waals surface area contributed by atoms with Gasteiger partial charge in [0.25, 0.3) is 5.56 Å². The van der Waals surface area contributed by atoms with E-state index < -0.39 is 17.7 Å². The van der Waals surface area contributed by atoms with E-state index in [9.17, 15) is 14.4 Å². The summed E-state index contributed by atoms with van der Waals surface area (Å²) in [6, 6.07) is 14.7. The topological polar surface area (TPSA) is 135 Å². The van der Waals surface area contributed by atoms with Crippen LogP contribution in [0.15, 0.2) is 53.3 Å². The minimum atomic E-state index is -0.632. The van der Waals surface area contributed by atoms with Crippen LogP contribution in [0.1, 0.15) is 55.2 Å². The summed E-state index contributed by atoms with van der Waals surface area (Å²) < 4.78 is 20.8. The van der Waals surface area contributed by atoms with Gasteiger partial charge in [0.2, 0.25) is 5.95 Å². The number of amides is 1. The number of ether oxygens (including phenoxy) is 3. The smallest absolute Gasteiger partial charge is 0.407 e. The molecule has 1 fully saturated rings. The Morgan fingerprint density at radius 1 is 1.02 bits per heavy atom. The molecule has 0 unspecified atom stereocenters. The first-order valence-corrected chi connectivity index (χ1v) is 16.4. The molecule has 2 aromatic carbocycles. The summed E-state index contributed by atoms with van der Waals surface area (Å²) in [5.41, 5.74) is 2.17. The fourth-order valence-corrected chi connectivity index (χ4v) is 6.46. The van der Waals surface area contributed by atoms with Gasteiger partial charge < -0.3 is 33.6 Å². The molecule has 1 amide bonds. The molecule has 0 radical (unpaired) electrons. The lowest BCUT2D eigenvalue weighted by Crippen LogP contribution is -2.49. The lowest BCUT2D eigenvalue weighted by Gasteiger charge is -2.34. The zero-order chi connectivity index (χ0) is 35.0. The van der Waals surface area contributed by atoms with Crippen LogP contribution in [0.5, 0.6) is 5.75 Å². The Morgan fingerprint density at radius 2 is 1.76 bits per heavy atom. The van der Waals surface area contributed by atoms with Crippen molar-refractivity contribution in [2.45, 2.75) is 58.3 Å². The molecule has 5 aromatic rings. The molecule has 14 heteroatoms. The van der Waals surface area contributed by atoms with Crippen molar-refractivity contribution in [2.24, 2.45) is 7.05 Å². The van der Waals surface area contributed by atoms with Gasteiger partial charge in [-0.25, -0.2) is 14.6 Å². The van der Waals surface area contributed by atoms with Crippen molar-refractivity contribution in [3.63, 3.8) is 0 Å². The second-order valence-corrected chi connectivity index (χ2v) is 13.5. The third kappa shape index (κ3) is 6.80. The largest absolute Gasteiger partial charge is 0.497 e. The molecule has 13 nitrogen and oxygen atoms in total. The molecule has 258 valence electrons. The number of aryl methyl sites for hydroxylation is 1. The van der Waals surface area contributed by atoms with Crippen molar-refractivity contribution in [1.82, 2.24) is 29.2 Å². The zero-order valence-electron chi connectivity index (χ0n) is 28.4. The third-order valence-electron chi connectivity index (χ3n) is 8.52. The lowest BCUT2D eigenvalue weighted by molar-refractivity contribution is 0.0498. The van der Waals surface area contributed by atoms with Crippen LogP contribution in [-0.2, 0) is 29.6 Å². The van der Waals surface area contributed by atoms with Crippen LogP contribution in [-0.4, -0.2) is 74.9 Å². The summed E-state index contributed by atoms with van der Waals surface area (Å²) in [6.07, 6.45) is 1.04. The number of carbonyl (C=O) groups excluding carboxylic acids is 2. The molecule has 6 rings (SSSR count). The molecule has 3 aromatic heterocycles. The molecular weight excluding hydrogens is 650 g/mol. The van der Waals surface area contributed by atoms with Crippen LogP contribution in [0.3, 0.4) is 0 Å². The van der Waals surface area contributed by atoms with E-state index >= 15 is 0 Å². The molecule has 4 heterocycles. The average Bonchev–Trinajstić information content (AvgIpc) is 3.63. The van der Waals surface area contributed by atoms with Gasteiger partial charge >= 0.3 is 12.1 Å². The van der Waals surface area contributed by atoms with E-state index in [-0.39, 0.29) is 30.4 Å². The van der Waals surface area contributed by atoms with Gasteiger partial charge in [-0.05, 0) is 62.9 Å². The highest BCUT2D eigenvalue weighted by Gasteiger charge is 2.32. The first kappa shape index (κ1) is 33.8. The first-order chi connectivity index (χ1) is 23.4. The second-order valence-electron chi connectivity index (χ2n) is 13.1. The number of pyridine rings is 1. The van der Waals surface area contributed by atoms with Crippen molar-refractivity contribution < 1.29 is 23.8 Å². The highest BCUT2D eigenvalue weighted by Crippen LogP contribution is 2.32. The normalized spacial score (nSPS) is 15.1. The number of hydrogen-bond donors (Lipinski definition) is 1. The van der Waals surface area contributed by atoms with Gasteiger partial charge in [0.1, 0.15) is 33.4 Å². The number of benzene rings is 2. The van der Waals surface area contributed by atoms with Crippen molar-refractivity contribution >= 4 is 51.7 Å². The number of halogens is 1. The van der Waals surface area contributed by atoms with E-state index in [4.69, 9.17) is 35.9 Å². The van der Waals surface area contributed by atoms with Gasteiger partial charge in [-0.15, -0.1) is 0 Å². The van der Waals surface area contributed by atoms with Gasteiger partial charge in [-0.3, -0.25) is 9.48 Å². The quantitative estimate of drug-likeness (QED) is 0.220. The monoisotopic (exact) mass is 689 g/mol. The molecule has 49 heavy (non-hydrogen) atoms. The second kappa shape index (κ2) is 13.5. The Kier molecular flexibility index (Phi) is 9.30. The number of imidazole rings is 1. The van der Waals surface area contributed by atoms with Gasteiger partial charge in [0.15, 0.2) is 5.69 Å². The van der Waals surface area contributed by atoms with Crippen LogP contribution in [0, 0.1) is 0 Å². The van der Waals surface area contributed by atoms with Crippen LogP contribution in [0.4, 0.5) is 10.7 Å². The van der Waals surface area contributed by atoms with E-state index in [1.165, 1.54) is 11.7 Å². The number of nitrogens with one attached hydrogen (secondary N) is 1. The van der Waals surface area contributed by atoms with E-state index in [0.29, 0.717) is 51.9 Å². The minimum absolute atomic E-state index is 0.136. The van der Waals surface area contributed by atoms with Crippen LogP contribution < -0.4 is 20.5 Å². The highest BCUT2D eigenvalue weighted by atomic mass is 35.5. The molecule has 1 N–H and O–H groups in total. The van der Waals surface area contributed by atoms with E-state index in [1.54, 1.807) is 24.9 Å². The Bertz CT molecular complexity index is 2090. The Hall–Kier alpha value is -5.04. The summed E-state index contributed by atoms with van der Waals surface area (Å²) in [6.45, 7) is 7.03. The van der Waals surface area contributed by atoms with Gasteiger partial charge in [0, 0.05) is 31.2 Å². The standard InChI is InChI=1S/C35H40ClN7O6/c1-35(2,3)49-34(46)37-23-11-9-17-41(20-23)33-38-26-27-28(40(4)31(44)29(26)42(33)19-22-10-7-8-12-25(22)36)30(32(45)48-6)43(39-27)18-21-13-15-24(47-5)16-14-21/h7-8,10,12-16,23H,9,11,17-20H2,1-6H3,(H,37,46)/t23-/m1/s1. The van der Waals surface area contributed by atoms with Crippen molar-refractivity contribution in [3.05, 3.63) is 80.7 Å². The predicted octanol–water partition coefficient (Wildman–Crippen LogP) is 5.12. The molecule has 1 atom stereocenters. The minimum Gasteiger partial charge on any atom is -0.497 e. The Labute approximate surface area is 288 Å². The molecule has 1 saturated heterocycles. The van der Waals surface area contributed by atoms with E-state index in [1.807, 2.05) is 67.8 Å². The summed E-state index contributed by atoms with van der Waals surface area (Å²) in [4.78, 5) is 47.5. The van der Waals surface area contributed by atoms with Crippen LogP contribution in [0.25, 0.3) is 22.1 Å². The molecule has 1 aliphatic rings. The summed E-state index contributed by atoms with van der Waals surface area (Å²) in [5, 5.41) is 8.44. The molecule has 1 aliphatic heterocycles. The number of esters is 1. The highest BCUT2D eigenvalue weighted by molar-refractivity contribution is 6.31. The summed E-state index contributed by atoms with van der Waals surface area (Å²) in [5.74, 6) is 0.595. The number of alkyl carbamates (subject to hydrolysis) is 1. The lowest BCUT2D eigenvalue weighted by atomic mass is 10.1. The maximum absolute atomic E-state index is 14.4. The number of aromatic nitrogens is 5. The van der Waals surface area contributed by atoms with E-state index in [0.717, 1.165) is 24.0 Å². The number of methoxy groups -OCH3 is 2. The third-order valence-corrected chi connectivity index (χ3v) is 8.89. The number of carbonyl (C=O) groups is 2. The Morgan fingerprint density at radius 3 is 2.43 bits per heavy atom. The fourth-order valence-electron chi connectivity index (χ4n) is 6.27. The number of anilines is 1. The molecular formula is C35H40ClN7O6. The fraction of sp³-hybridized carbons (Fsp3) is 0.400. The van der Waals surface area contributed by atoms with Crippen LogP contribution >= 0.6 is 11.6 Å². The first-order valence-electron chi connectivity index (χ1n) is 16.1. The number of rotatable bonds is 8. The Balaban J connectivity index is 1.52. The number of piperidine rings is 1. The molecule has 0 spiro atoms. The van der Waals surface area contributed by atoms with Gasteiger partial charge in [0.05, 0.1) is 27.3 Å². The maximum Gasteiger partial charge on any atom is 0.407 e. The van der Waals surface area contributed by atoms with Crippen LogP contribution in [0.2, 0.25) is 5.02 Å². The molecule has 0 bridgehead atoms. The molecule has 0 saturated carbocycles. The number of fused-ring (bicyclic) bond motifs is 3. The van der Waals surface area contributed by atoms with Gasteiger partial charge in [-0.2, -0.15) is 5.10 Å². The van der Waals surface area contributed by atoms with Crippen molar-refractivity contribution in [3.8, 4) is 5.75 Å². The van der Waals surface area contributed by atoms with Crippen molar-refractivity contribution in [2.75, 3.05) is 32.2 Å². The van der Waals surface area contributed by atoms with Crippen molar-refractivity contribution in [1.29, 1.82) is 0 Å². The summed E-state index contributed by atoms with van der Waals surface area (Å²) in [7, 11) is 4.51. The average molecular weight is 690 g/mol. The van der Waals surface area contributed by atoms with Gasteiger partial charge in [-0.1, -0.05) is 41.9 Å². The predicted molar refractivity (Wildman–Crippen MR) is 187 cm³/mol. The number of hydrogen-bond acceptors (Lipinski definition) is 9. The van der Waals surface area contributed by atoms with E-state index in [2.05, 4.69) is 10.2 Å². The zero-order valence-corrected chi connectivity index (χ0v) is 29.2. The molecule has 0 aliphatic carbocycles. The summed E-state index contributed by atoms with van der Waals surface area (Å²) >= 11 is 6.63.